The molecule has 0 aliphatic carbocycles. The Balaban J connectivity index is 3.15. The number of rotatable bonds is 6. The molecular weight excluding hydrogens is 152 g/mol. The van der Waals surface area contributed by atoms with Crippen molar-refractivity contribution < 1.29 is 13.5 Å². The molecule has 0 bridgehead atoms. The van der Waals surface area contributed by atoms with Crippen LogP contribution in [0.4, 0.5) is 8.78 Å². The third-order valence-corrected chi connectivity index (χ3v) is 1.38. The van der Waals surface area contributed by atoms with E-state index in [0.29, 0.717) is 6.61 Å². The molecule has 0 aromatic carbocycles. The number of nitrogens with one attached hydrogen (secondary N) is 1. The fourth-order valence-corrected chi connectivity index (χ4v) is 0.687. The molecule has 0 fully saturated rings. The zero-order valence-electron chi connectivity index (χ0n) is 6.94. The van der Waals surface area contributed by atoms with E-state index < -0.39 is 6.43 Å². The van der Waals surface area contributed by atoms with Gasteiger partial charge in [0.15, 0.2) is 0 Å². The fourth-order valence-electron chi connectivity index (χ4n) is 0.687. The van der Waals surface area contributed by atoms with E-state index in [1.54, 1.807) is 7.11 Å². The van der Waals surface area contributed by atoms with Gasteiger partial charge < -0.3 is 10.1 Å². The summed E-state index contributed by atoms with van der Waals surface area (Å²) in [5.41, 5.74) is 0. The first-order valence-electron chi connectivity index (χ1n) is 3.67. The lowest BCUT2D eigenvalue weighted by Gasteiger charge is -2.11. The second-order valence-corrected chi connectivity index (χ2v) is 2.48. The van der Waals surface area contributed by atoms with Crippen LogP contribution in [0.25, 0.3) is 0 Å². The number of alkyl halides is 2. The Bertz CT molecular complexity index is 90.5. The minimum atomic E-state index is -2.26. The largest absolute Gasteiger partial charge is 0.385 e. The van der Waals surface area contributed by atoms with Gasteiger partial charge in [0.2, 0.25) is 0 Å². The number of hydrogen-bond acceptors (Lipinski definition) is 2. The van der Waals surface area contributed by atoms with Crippen molar-refractivity contribution in [3.8, 4) is 0 Å². The summed E-state index contributed by atoms with van der Waals surface area (Å²) in [5.74, 6) is 0. The van der Waals surface area contributed by atoms with E-state index in [4.69, 9.17) is 4.74 Å². The Morgan fingerprint density at radius 3 is 2.55 bits per heavy atom. The molecule has 0 heterocycles. The summed E-state index contributed by atoms with van der Waals surface area (Å²) in [7, 11) is 1.60. The molecular formula is C7H15F2NO. The standard InChI is InChI=1S/C7H15F2NO/c1-6(3-4-11-2)10-5-7(8)9/h6-7,10H,3-5H2,1-2H3. The Hall–Kier alpha value is -0.220. The summed E-state index contributed by atoms with van der Waals surface area (Å²) in [5, 5.41) is 2.69. The van der Waals surface area contributed by atoms with Gasteiger partial charge in [-0.05, 0) is 13.3 Å². The predicted molar refractivity (Wildman–Crippen MR) is 40.0 cm³/mol. The fraction of sp³-hybridized carbons (Fsp3) is 1.00. The van der Waals surface area contributed by atoms with Crippen molar-refractivity contribution in [2.45, 2.75) is 25.8 Å². The molecule has 0 aliphatic rings. The third-order valence-electron chi connectivity index (χ3n) is 1.38. The van der Waals surface area contributed by atoms with Crippen molar-refractivity contribution in [2.24, 2.45) is 0 Å². The van der Waals surface area contributed by atoms with Gasteiger partial charge in [-0.3, -0.25) is 0 Å². The van der Waals surface area contributed by atoms with Crippen molar-refractivity contribution in [3.05, 3.63) is 0 Å². The van der Waals surface area contributed by atoms with Gasteiger partial charge in [0.1, 0.15) is 0 Å². The van der Waals surface area contributed by atoms with Gasteiger partial charge in [0.05, 0.1) is 6.54 Å². The highest BCUT2D eigenvalue weighted by atomic mass is 19.3. The van der Waals surface area contributed by atoms with Crippen LogP contribution < -0.4 is 5.32 Å². The third kappa shape index (κ3) is 7.68. The number of hydrogen-bond donors (Lipinski definition) is 1. The average Bonchev–Trinajstić information content (AvgIpc) is 1.97. The van der Waals surface area contributed by atoms with Crippen LogP contribution in [-0.2, 0) is 4.74 Å². The van der Waals surface area contributed by atoms with E-state index in [1.165, 1.54) is 0 Å². The van der Waals surface area contributed by atoms with Gasteiger partial charge in [-0.1, -0.05) is 0 Å². The highest BCUT2D eigenvalue weighted by molar-refractivity contribution is 4.60. The molecule has 0 aliphatic heterocycles. The molecule has 1 atom stereocenters. The predicted octanol–water partition coefficient (Wildman–Crippen LogP) is 1.27. The van der Waals surface area contributed by atoms with Crippen molar-refractivity contribution >= 4 is 0 Å². The topological polar surface area (TPSA) is 21.3 Å². The minimum Gasteiger partial charge on any atom is -0.385 e. The van der Waals surface area contributed by atoms with Crippen LogP contribution in [0.1, 0.15) is 13.3 Å². The van der Waals surface area contributed by atoms with Gasteiger partial charge in [0, 0.05) is 19.8 Å². The van der Waals surface area contributed by atoms with Crippen LogP contribution in [0, 0.1) is 0 Å². The lowest BCUT2D eigenvalue weighted by molar-refractivity contribution is 0.136. The minimum absolute atomic E-state index is 0.101. The van der Waals surface area contributed by atoms with E-state index in [1.807, 2.05) is 6.92 Å². The van der Waals surface area contributed by atoms with Gasteiger partial charge in [-0.2, -0.15) is 0 Å². The lowest BCUT2D eigenvalue weighted by Crippen LogP contribution is -2.31. The molecule has 4 heteroatoms. The molecule has 0 radical (unpaired) electrons. The molecule has 0 rings (SSSR count). The molecule has 0 aromatic rings. The van der Waals surface area contributed by atoms with E-state index in [9.17, 15) is 8.78 Å². The maximum Gasteiger partial charge on any atom is 0.250 e. The number of ether oxygens (including phenoxy) is 1. The quantitative estimate of drug-likeness (QED) is 0.643. The van der Waals surface area contributed by atoms with Crippen LogP contribution >= 0.6 is 0 Å². The Labute approximate surface area is 65.9 Å². The average molecular weight is 167 g/mol. The van der Waals surface area contributed by atoms with Gasteiger partial charge >= 0.3 is 0 Å². The SMILES string of the molecule is COCCC(C)NCC(F)F. The van der Waals surface area contributed by atoms with E-state index in [2.05, 4.69) is 5.32 Å². The summed E-state index contributed by atoms with van der Waals surface area (Å²) in [6, 6.07) is 0.101. The maximum absolute atomic E-state index is 11.6. The Morgan fingerprint density at radius 1 is 1.45 bits per heavy atom. The normalized spacial score (nSPS) is 13.9. The summed E-state index contributed by atoms with van der Waals surface area (Å²) >= 11 is 0. The number of methoxy groups -OCH3 is 1. The van der Waals surface area contributed by atoms with E-state index in [0.717, 1.165) is 6.42 Å². The molecule has 0 amide bonds. The Morgan fingerprint density at radius 2 is 2.09 bits per heavy atom. The Kier molecular flexibility index (Phi) is 6.36. The summed E-state index contributed by atoms with van der Waals surface area (Å²) in [6.07, 6.45) is -1.50. The van der Waals surface area contributed by atoms with Gasteiger partial charge in [-0.15, -0.1) is 0 Å². The molecule has 0 spiro atoms. The van der Waals surface area contributed by atoms with Crippen LogP contribution in [0.5, 0.6) is 0 Å². The highest BCUT2D eigenvalue weighted by Gasteiger charge is 2.05. The molecule has 2 nitrogen and oxygen atoms in total. The summed E-state index contributed by atoms with van der Waals surface area (Å²) in [6.45, 7) is 2.24. The molecule has 68 valence electrons. The van der Waals surface area contributed by atoms with Crippen molar-refractivity contribution in [1.29, 1.82) is 0 Å². The van der Waals surface area contributed by atoms with Crippen molar-refractivity contribution in [1.82, 2.24) is 5.32 Å². The zero-order valence-corrected chi connectivity index (χ0v) is 6.94. The monoisotopic (exact) mass is 167 g/mol. The van der Waals surface area contributed by atoms with E-state index >= 15 is 0 Å². The van der Waals surface area contributed by atoms with Crippen LogP contribution in [0.2, 0.25) is 0 Å². The molecule has 1 unspecified atom stereocenters. The second kappa shape index (κ2) is 6.49. The first-order chi connectivity index (χ1) is 5.16. The van der Waals surface area contributed by atoms with Crippen LogP contribution in [0.15, 0.2) is 0 Å². The maximum atomic E-state index is 11.6. The van der Waals surface area contributed by atoms with Gasteiger partial charge in [-0.25, -0.2) is 8.78 Å². The highest BCUT2D eigenvalue weighted by Crippen LogP contribution is 1.93. The summed E-state index contributed by atoms with van der Waals surface area (Å²) in [4.78, 5) is 0. The smallest absolute Gasteiger partial charge is 0.250 e. The summed E-state index contributed by atoms with van der Waals surface area (Å²) < 4.78 is 28.0. The zero-order chi connectivity index (χ0) is 8.69. The van der Waals surface area contributed by atoms with Crippen LogP contribution in [-0.4, -0.2) is 32.7 Å². The van der Waals surface area contributed by atoms with Crippen LogP contribution in [0.3, 0.4) is 0 Å². The molecule has 0 aromatic heterocycles. The first-order valence-corrected chi connectivity index (χ1v) is 3.67. The number of halogens is 2. The lowest BCUT2D eigenvalue weighted by atomic mass is 10.2. The van der Waals surface area contributed by atoms with Gasteiger partial charge in [0.25, 0.3) is 6.43 Å². The molecule has 1 N–H and O–H groups in total. The van der Waals surface area contributed by atoms with Crippen molar-refractivity contribution in [2.75, 3.05) is 20.3 Å². The van der Waals surface area contributed by atoms with Crippen molar-refractivity contribution in [3.63, 3.8) is 0 Å². The molecule has 0 saturated carbocycles. The van der Waals surface area contributed by atoms with E-state index in [-0.39, 0.29) is 12.6 Å². The molecule has 0 saturated heterocycles. The molecule has 11 heavy (non-hydrogen) atoms. The second-order valence-electron chi connectivity index (χ2n) is 2.48. The first kappa shape index (κ1) is 10.8.